The number of rotatable bonds is 38. The van der Waals surface area contributed by atoms with E-state index in [0.717, 1.165) is 44.9 Å². The highest BCUT2D eigenvalue weighted by Crippen LogP contribution is 2.21. The van der Waals surface area contributed by atoms with Crippen LogP contribution < -0.4 is 0 Å². The molecule has 52 heavy (non-hydrogen) atoms. The molecule has 1 atom stereocenters. The van der Waals surface area contributed by atoms with Gasteiger partial charge >= 0.3 is 17.9 Å². The predicted octanol–water partition coefficient (Wildman–Crippen LogP) is 14.1. The summed E-state index contributed by atoms with van der Waals surface area (Å²) in [5, 5.41) is 0. The van der Waals surface area contributed by atoms with Crippen LogP contribution in [-0.4, -0.2) is 37.2 Å². The van der Waals surface area contributed by atoms with E-state index >= 15 is 0 Å². The van der Waals surface area contributed by atoms with Crippen molar-refractivity contribution in [3.63, 3.8) is 0 Å². The van der Waals surface area contributed by atoms with Crippen molar-refractivity contribution >= 4 is 17.9 Å². The van der Waals surface area contributed by atoms with E-state index in [4.69, 9.17) is 14.2 Å². The smallest absolute Gasteiger partial charge is 0.306 e. The molecule has 0 heterocycles. The molecule has 0 aliphatic heterocycles. The monoisotopic (exact) mass is 735 g/mol. The molecule has 0 aliphatic rings. The number of allylic oxidation sites excluding steroid dienone is 2. The zero-order valence-corrected chi connectivity index (χ0v) is 35.2. The quantitative estimate of drug-likeness (QED) is 0.0272. The fourth-order valence-electron chi connectivity index (χ4n) is 6.33. The lowest BCUT2D eigenvalue weighted by Crippen LogP contribution is -2.31. The lowest BCUT2D eigenvalue weighted by molar-refractivity contribution is -0.167. The molecule has 0 spiro atoms. The van der Waals surface area contributed by atoms with Gasteiger partial charge in [-0.25, -0.2) is 0 Å². The minimum Gasteiger partial charge on any atom is -0.462 e. The molecule has 0 saturated carbocycles. The van der Waals surface area contributed by atoms with Gasteiger partial charge in [0.1, 0.15) is 13.2 Å². The number of carbonyl (C=O) groups is 3. The van der Waals surface area contributed by atoms with E-state index in [2.05, 4.69) is 46.8 Å². The molecule has 0 aromatic heterocycles. The van der Waals surface area contributed by atoms with Crippen LogP contribution in [0.15, 0.2) is 12.2 Å². The highest BCUT2D eigenvalue weighted by atomic mass is 16.6. The van der Waals surface area contributed by atoms with E-state index in [1.807, 2.05) is 0 Å². The highest BCUT2D eigenvalue weighted by molar-refractivity contribution is 5.71. The summed E-state index contributed by atoms with van der Waals surface area (Å²) in [4.78, 5) is 37.5. The van der Waals surface area contributed by atoms with Gasteiger partial charge in [-0.1, -0.05) is 188 Å². The SMILES string of the molecule is CCCCCCCC/C=C\CCCCCCCC(=O)O[C@H](COC(=O)CCCCCCCCCCCCCCCCC)COC(=O)CCC(C)(C)C. The Morgan fingerprint density at radius 2 is 0.769 bits per heavy atom. The first-order valence-corrected chi connectivity index (χ1v) is 22.3. The fourth-order valence-corrected chi connectivity index (χ4v) is 6.33. The Morgan fingerprint density at radius 1 is 0.442 bits per heavy atom. The number of esters is 3. The van der Waals surface area contributed by atoms with Gasteiger partial charge in [-0.15, -0.1) is 0 Å². The summed E-state index contributed by atoms with van der Waals surface area (Å²) < 4.78 is 16.6. The van der Waals surface area contributed by atoms with Crippen molar-refractivity contribution in [1.82, 2.24) is 0 Å². The molecular weight excluding hydrogens is 649 g/mol. The molecule has 0 saturated heterocycles. The summed E-state index contributed by atoms with van der Waals surface area (Å²) in [6.45, 7) is 10.6. The summed E-state index contributed by atoms with van der Waals surface area (Å²) >= 11 is 0. The van der Waals surface area contributed by atoms with Crippen LogP contribution in [0.3, 0.4) is 0 Å². The number of carbonyl (C=O) groups excluding carboxylic acids is 3. The Labute approximate surface area is 322 Å². The van der Waals surface area contributed by atoms with Crippen molar-refractivity contribution in [1.29, 1.82) is 0 Å². The van der Waals surface area contributed by atoms with Crippen LogP contribution in [0.2, 0.25) is 0 Å². The van der Waals surface area contributed by atoms with Crippen molar-refractivity contribution in [2.75, 3.05) is 13.2 Å². The Balaban J connectivity index is 4.19. The summed E-state index contributed by atoms with van der Waals surface area (Å²) in [7, 11) is 0. The van der Waals surface area contributed by atoms with Crippen LogP contribution in [0.25, 0.3) is 0 Å². The second kappa shape index (κ2) is 37.5. The van der Waals surface area contributed by atoms with Crippen molar-refractivity contribution in [2.24, 2.45) is 5.41 Å². The van der Waals surface area contributed by atoms with Gasteiger partial charge in [0.25, 0.3) is 0 Å². The van der Waals surface area contributed by atoms with Crippen LogP contribution in [0, 0.1) is 5.41 Å². The van der Waals surface area contributed by atoms with Gasteiger partial charge in [0.05, 0.1) is 0 Å². The Bertz CT molecular complexity index is 844. The summed E-state index contributed by atoms with van der Waals surface area (Å²) in [6.07, 6.45) is 40.4. The van der Waals surface area contributed by atoms with Gasteiger partial charge in [0, 0.05) is 19.3 Å². The molecule has 0 aromatic carbocycles. The molecule has 6 heteroatoms. The first kappa shape index (κ1) is 50.1. The maximum Gasteiger partial charge on any atom is 0.306 e. The van der Waals surface area contributed by atoms with E-state index in [9.17, 15) is 14.4 Å². The van der Waals surface area contributed by atoms with E-state index in [1.54, 1.807) is 0 Å². The van der Waals surface area contributed by atoms with Gasteiger partial charge < -0.3 is 14.2 Å². The molecule has 0 amide bonds. The maximum absolute atomic E-state index is 12.7. The van der Waals surface area contributed by atoms with Gasteiger partial charge in [-0.2, -0.15) is 0 Å². The number of unbranched alkanes of at least 4 members (excludes halogenated alkanes) is 25. The van der Waals surface area contributed by atoms with Crippen molar-refractivity contribution in [3.8, 4) is 0 Å². The van der Waals surface area contributed by atoms with Crippen LogP contribution in [-0.2, 0) is 28.6 Å². The molecule has 6 nitrogen and oxygen atoms in total. The molecule has 0 N–H and O–H groups in total. The van der Waals surface area contributed by atoms with E-state index in [1.165, 1.54) is 135 Å². The zero-order chi connectivity index (χ0) is 38.4. The van der Waals surface area contributed by atoms with Gasteiger partial charge in [-0.05, 0) is 50.4 Å². The Morgan fingerprint density at radius 3 is 1.15 bits per heavy atom. The largest absolute Gasteiger partial charge is 0.462 e. The molecule has 306 valence electrons. The van der Waals surface area contributed by atoms with Crippen LogP contribution >= 0.6 is 0 Å². The summed E-state index contributed by atoms with van der Waals surface area (Å²) in [5.74, 6) is -0.934. The second-order valence-electron chi connectivity index (χ2n) is 16.6. The van der Waals surface area contributed by atoms with Crippen LogP contribution in [0.4, 0.5) is 0 Å². The third-order valence-corrected chi connectivity index (χ3v) is 9.86. The number of hydrogen-bond donors (Lipinski definition) is 0. The van der Waals surface area contributed by atoms with Gasteiger partial charge in [0.15, 0.2) is 6.10 Å². The van der Waals surface area contributed by atoms with Gasteiger partial charge in [-0.3, -0.25) is 14.4 Å². The van der Waals surface area contributed by atoms with E-state index in [-0.39, 0.29) is 36.5 Å². The van der Waals surface area contributed by atoms with Gasteiger partial charge in [0.2, 0.25) is 0 Å². The third-order valence-electron chi connectivity index (χ3n) is 9.86. The summed E-state index contributed by atoms with van der Waals surface area (Å²) in [5.41, 5.74) is 0.0251. The number of hydrogen-bond acceptors (Lipinski definition) is 6. The fraction of sp³-hybridized carbons (Fsp3) is 0.891. The Hall–Kier alpha value is -1.85. The first-order valence-electron chi connectivity index (χ1n) is 22.3. The van der Waals surface area contributed by atoms with Crippen LogP contribution in [0.1, 0.15) is 240 Å². The minimum absolute atomic E-state index is 0.0251. The third kappa shape index (κ3) is 39.4. The molecule has 0 aromatic rings. The lowest BCUT2D eigenvalue weighted by Gasteiger charge is -2.20. The minimum atomic E-state index is -0.778. The molecule has 0 unspecified atom stereocenters. The molecule has 0 fully saturated rings. The molecule has 0 rings (SSSR count). The van der Waals surface area contributed by atoms with Crippen molar-refractivity contribution in [2.45, 2.75) is 246 Å². The Kier molecular flexibility index (Phi) is 36.1. The molecule has 0 radical (unpaired) electrons. The normalized spacial score (nSPS) is 12.3. The van der Waals surface area contributed by atoms with Crippen LogP contribution in [0.5, 0.6) is 0 Å². The first-order chi connectivity index (χ1) is 25.2. The second-order valence-corrected chi connectivity index (χ2v) is 16.6. The van der Waals surface area contributed by atoms with E-state index in [0.29, 0.717) is 25.7 Å². The predicted molar refractivity (Wildman–Crippen MR) is 219 cm³/mol. The molecule has 0 bridgehead atoms. The van der Waals surface area contributed by atoms with E-state index < -0.39 is 6.10 Å². The summed E-state index contributed by atoms with van der Waals surface area (Å²) in [6, 6.07) is 0. The van der Waals surface area contributed by atoms with Crippen molar-refractivity contribution < 1.29 is 28.6 Å². The average Bonchev–Trinajstić information content (AvgIpc) is 3.11. The average molecular weight is 735 g/mol. The highest BCUT2D eigenvalue weighted by Gasteiger charge is 2.20. The molecule has 0 aliphatic carbocycles. The molecular formula is C46H86O6. The van der Waals surface area contributed by atoms with Crippen molar-refractivity contribution in [3.05, 3.63) is 12.2 Å². The standard InChI is InChI=1S/C46H86O6/c1-6-8-10-12-14-16-18-20-22-24-26-28-30-32-34-36-43(47)50-40-42(41-51-44(48)38-39-46(3,4)5)52-45(49)37-35-33-31-29-27-25-23-21-19-17-15-13-11-9-7-2/h21,23,42H,6-20,22,24-41H2,1-5H3/b23-21-/t42-/m1/s1. The maximum atomic E-state index is 12.7. The lowest BCUT2D eigenvalue weighted by atomic mass is 9.91. The topological polar surface area (TPSA) is 78.9 Å². The number of ether oxygens (including phenoxy) is 3. The zero-order valence-electron chi connectivity index (χ0n) is 35.2.